The maximum Gasteiger partial charge on any atom is 0.413 e. The quantitative estimate of drug-likeness (QED) is 0.366. The van der Waals surface area contributed by atoms with E-state index in [2.05, 4.69) is 10.1 Å². The Morgan fingerprint density at radius 3 is 2.53 bits per heavy atom. The Morgan fingerprint density at radius 1 is 1.13 bits per heavy atom. The molecule has 2 aromatic rings. The van der Waals surface area contributed by atoms with Crippen LogP contribution in [-0.4, -0.2) is 36.1 Å². The van der Waals surface area contributed by atoms with E-state index in [1.54, 1.807) is 31.2 Å². The minimum absolute atomic E-state index is 0.0625. The molecule has 158 valence electrons. The van der Waals surface area contributed by atoms with Crippen LogP contribution in [0, 0.1) is 10.1 Å². The summed E-state index contributed by atoms with van der Waals surface area (Å²) in [6.45, 7) is 1.09. The Hall–Kier alpha value is -3.66. The molecule has 0 aliphatic heterocycles. The highest BCUT2D eigenvalue weighted by molar-refractivity contribution is 6.31. The number of benzene rings is 2. The highest BCUT2D eigenvalue weighted by Crippen LogP contribution is 2.25. The molecule has 2 aromatic carbocycles. The van der Waals surface area contributed by atoms with Crippen molar-refractivity contribution in [3.63, 3.8) is 0 Å². The average Bonchev–Trinajstić information content (AvgIpc) is 2.71. The lowest BCUT2D eigenvalue weighted by atomic mass is 10.1. The van der Waals surface area contributed by atoms with E-state index in [0.717, 1.165) is 11.6 Å². The molecule has 11 heteroatoms. The van der Waals surface area contributed by atoms with Crippen molar-refractivity contribution in [1.29, 1.82) is 0 Å². The van der Waals surface area contributed by atoms with Crippen molar-refractivity contribution in [3.05, 3.63) is 68.7 Å². The summed E-state index contributed by atoms with van der Waals surface area (Å²) in [5.74, 6) is -1.89. The first-order chi connectivity index (χ1) is 14.3. The Balaban J connectivity index is 2.13. The van der Waals surface area contributed by atoms with Crippen LogP contribution in [0.2, 0.25) is 5.02 Å². The van der Waals surface area contributed by atoms with E-state index in [-0.39, 0.29) is 30.1 Å². The van der Waals surface area contributed by atoms with Gasteiger partial charge in [-0.05, 0) is 24.6 Å². The van der Waals surface area contributed by atoms with Crippen LogP contribution in [0.15, 0.2) is 42.5 Å². The molecule has 2 N–H and O–H groups in total. The molecule has 0 aliphatic carbocycles. The fraction of sp³-hybridized carbons (Fsp3) is 0.211. The molecule has 0 spiro atoms. The molecule has 0 heterocycles. The zero-order valence-electron chi connectivity index (χ0n) is 15.8. The Bertz CT molecular complexity index is 965. The van der Waals surface area contributed by atoms with Gasteiger partial charge in [0.2, 0.25) is 0 Å². The van der Waals surface area contributed by atoms with Gasteiger partial charge in [-0.1, -0.05) is 29.8 Å². The van der Waals surface area contributed by atoms with Gasteiger partial charge in [-0.15, -0.1) is 0 Å². The van der Waals surface area contributed by atoms with Gasteiger partial charge in [0.25, 0.3) is 11.6 Å². The van der Waals surface area contributed by atoms with E-state index in [1.165, 1.54) is 12.1 Å². The van der Waals surface area contributed by atoms with Crippen molar-refractivity contribution in [2.24, 2.45) is 0 Å². The number of hydrogen-bond donors (Lipinski definition) is 2. The van der Waals surface area contributed by atoms with Crippen molar-refractivity contribution in [3.8, 4) is 0 Å². The number of carbonyl (C=O) groups is 3. The highest BCUT2D eigenvalue weighted by atomic mass is 35.5. The number of amides is 2. The molecule has 2 amide bonds. The summed E-state index contributed by atoms with van der Waals surface area (Å²) in [7, 11) is 0. The van der Waals surface area contributed by atoms with Gasteiger partial charge in [0.15, 0.2) is 6.61 Å². The van der Waals surface area contributed by atoms with Crippen LogP contribution >= 0.6 is 11.6 Å². The molecule has 0 bridgehead atoms. The summed E-state index contributed by atoms with van der Waals surface area (Å²) in [4.78, 5) is 45.7. The third-order valence-electron chi connectivity index (χ3n) is 3.71. The van der Waals surface area contributed by atoms with E-state index < -0.39 is 29.5 Å². The number of ether oxygens (including phenoxy) is 2. The topological polar surface area (TPSA) is 137 Å². The number of non-ortho nitro benzene ring substituents is 1. The van der Waals surface area contributed by atoms with Crippen LogP contribution in [0.25, 0.3) is 0 Å². The zero-order chi connectivity index (χ0) is 22.1. The lowest BCUT2D eigenvalue weighted by Crippen LogP contribution is -2.34. The predicted octanol–water partition coefficient (Wildman–Crippen LogP) is 3.29. The van der Waals surface area contributed by atoms with Crippen LogP contribution < -0.4 is 10.6 Å². The van der Waals surface area contributed by atoms with Gasteiger partial charge < -0.3 is 14.8 Å². The van der Waals surface area contributed by atoms with Crippen LogP contribution in [0.1, 0.15) is 22.8 Å². The predicted molar refractivity (Wildman–Crippen MR) is 107 cm³/mol. The Kier molecular flexibility index (Phi) is 8.12. The van der Waals surface area contributed by atoms with Crippen molar-refractivity contribution >= 4 is 40.9 Å². The number of carbonyl (C=O) groups excluding carboxylic acids is 3. The third-order valence-corrected chi connectivity index (χ3v) is 4.08. The molecule has 0 fully saturated rings. The van der Waals surface area contributed by atoms with Crippen molar-refractivity contribution in [2.45, 2.75) is 13.5 Å². The fourth-order valence-corrected chi connectivity index (χ4v) is 2.53. The second-order valence-corrected chi connectivity index (χ2v) is 6.18. The van der Waals surface area contributed by atoms with Crippen LogP contribution in [-0.2, 0) is 20.8 Å². The molecule has 0 atom stereocenters. The average molecular weight is 436 g/mol. The summed E-state index contributed by atoms with van der Waals surface area (Å²) in [5, 5.41) is 16.4. The number of alkyl carbamates (subject to hydrolysis) is 1. The van der Waals surface area contributed by atoms with Gasteiger partial charge in [0.1, 0.15) is 0 Å². The molecule has 2 rings (SSSR count). The summed E-state index contributed by atoms with van der Waals surface area (Å²) in [6.07, 6.45) is -0.976. The number of anilines is 1. The number of halogens is 1. The monoisotopic (exact) mass is 435 g/mol. The summed E-state index contributed by atoms with van der Waals surface area (Å²) in [6, 6.07) is 10.6. The fourth-order valence-electron chi connectivity index (χ4n) is 2.33. The van der Waals surface area contributed by atoms with E-state index in [1.807, 2.05) is 5.32 Å². The molecule has 0 saturated heterocycles. The second kappa shape index (κ2) is 10.8. The van der Waals surface area contributed by atoms with Gasteiger partial charge in [-0.3, -0.25) is 20.2 Å². The number of esters is 1. The van der Waals surface area contributed by atoms with E-state index >= 15 is 0 Å². The molecular weight excluding hydrogens is 418 g/mol. The van der Waals surface area contributed by atoms with Gasteiger partial charge >= 0.3 is 12.1 Å². The lowest BCUT2D eigenvalue weighted by Gasteiger charge is -2.12. The largest absolute Gasteiger partial charge is 0.452 e. The molecule has 0 aromatic heterocycles. The number of nitrogens with zero attached hydrogens (tertiary/aromatic N) is 1. The van der Waals surface area contributed by atoms with Crippen LogP contribution in [0.5, 0.6) is 0 Å². The van der Waals surface area contributed by atoms with Crippen molar-refractivity contribution in [2.75, 3.05) is 18.5 Å². The molecular formula is C19H18ClN3O7. The minimum atomic E-state index is -0.987. The smallest absolute Gasteiger partial charge is 0.413 e. The zero-order valence-corrected chi connectivity index (χ0v) is 16.6. The van der Waals surface area contributed by atoms with Gasteiger partial charge in [0, 0.05) is 29.4 Å². The maximum atomic E-state index is 12.4. The van der Waals surface area contributed by atoms with Crippen LogP contribution in [0.3, 0.4) is 0 Å². The van der Waals surface area contributed by atoms with E-state index in [0.29, 0.717) is 5.02 Å². The summed E-state index contributed by atoms with van der Waals surface area (Å²) < 4.78 is 9.41. The number of hydrogen-bond acceptors (Lipinski definition) is 8. The SMILES string of the molecule is CCOC(=O)NC(=O)COC(=O)c1cc([N+](=O)[O-])ccc1NCc1ccccc1Cl. The first kappa shape index (κ1) is 22.6. The number of imide groups is 1. The van der Waals surface area contributed by atoms with Gasteiger partial charge in [-0.25, -0.2) is 9.59 Å². The molecule has 10 nitrogen and oxygen atoms in total. The number of rotatable bonds is 8. The first-order valence-corrected chi connectivity index (χ1v) is 9.09. The number of nitrogens with one attached hydrogen (secondary N) is 2. The molecule has 0 saturated carbocycles. The first-order valence-electron chi connectivity index (χ1n) is 8.71. The number of nitro benzene ring substituents is 1. The van der Waals surface area contributed by atoms with Crippen LogP contribution in [0.4, 0.5) is 16.2 Å². The van der Waals surface area contributed by atoms with Crippen molar-refractivity contribution < 1.29 is 28.8 Å². The third kappa shape index (κ3) is 6.45. The van der Waals surface area contributed by atoms with E-state index in [9.17, 15) is 24.5 Å². The maximum absolute atomic E-state index is 12.4. The second-order valence-electron chi connectivity index (χ2n) is 5.78. The molecule has 30 heavy (non-hydrogen) atoms. The van der Waals surface area contributed by atoms with Gasteiger partial charge in [0.05, 0.1) is 17.1 Å². The summed E-state index contributed by atoms with van der Waals surface area (Å²) in [5.41, 5.74) is 0.503. The van der Waals surface area contributed by atoms with E-state index in [4.69, 9.17) is 16.3 Å². The Labute approximate surface area is 176 Å². The van der Waals surface area contributed by atoms with Crippen molar-refractivity contribution in [1.82, 2.24) is 5.32 Å². The lowest BCUT2D eigenvalue weighted by molar-refractivity contribution is -0.384. The summed E-state index contributed by atoms with van der Waals surface area (Å²) >= 11 is 6.10. The molecule has 0 unspecified atom stereocenters. The number of nitro groups is 1. The normalized spacial score (nSPS) is 10.1. The minimum Gasteiger partial charge on any atom is -0.452 e. The molecule has 0 radical (unpaired) electrons. The highest BCUT2D eigenvalue weighted by Gasteiger charge is 2.20. The Morgan fingerprint density at radius 2 is 1.87 bits per heavy atom. The van der Waals surface area contributed by atoms with Gasteiger partial charge in [-0.2, -0.15) is 0 Å². The molecule has 0 aliphatic rings. The standard InChI is InChI=1S/C19H18ClN3O7/c1-2-29-19(26)22-17(24)11-30-18(25)14-9-13(23(27)28)7-8-16(14)21-10-12-5-3-4-6-15(12)20/h3-9,21H,2,10-11H2,1H3,(H,22,24,26).